The molecular weight excluding hydrogens is 170 g/mol. The number of anilines is 1. The highest BCUT2D eigenvalue weighted by atomic mass is 32.1. The Morgan fingerprint density at radius 2 is 2.08 bits per heavy atom. The summed E-state index contributed by atoms with van der Waals surface area (Å²) < 4.78 is 1.05. The van der Waals surface area contributed by atoms with Crippen molar-refractivity contribution in [1.82, 2.24) is 0 Å². The number of aromatic hydroxyl groups is 1. The number of fused-ring (bicyclic) bond motifs is 1. The lowest BCUT2D eigenvalue weighted by Gasteiger charge is -1.95. The molecule has 0 radical (unpaired) electrons. The van der Waals surface area contributed by atoms with Gasteiger partial charge in [-0.05, 0) is 30.7 Å². The Hall–Kier alpha value is -1.22. The molecule has 3 heteroatoms. The average molecular weight is 179 g/mol. The second-order valence-electron chi connectivity index (χ2n) is 2.84. The zero-order chi connectivity index (χ0) is 8.72. The topological polar surface area (TPSA) is 46.2 Å². The second-order valence-corrected chi connectivity index (χ2v) is 3.96. The van der Waals surface area contributed by atoms with Gasteiger partial charge in [-0.1, -0.05) is 0 Å². The predicted molar refractivity (Wildman–Crippen MR) is 52.6 cm³/mol. The van der Waals surface area contributed by atoms with Crippen molar-refractivity contribution in [3.63, 3.8) is 0 Å². The molecule has 3 N–H and O–H groups in total. The highest BCUT2D eigenvalue weighted by Gasteiger charge is 2.03. The number of aryl methyl sites for hydroxylation is 1. The number of phenols is 1. The van der Waals surface area contributed by atoms with Crippen LogP contribution in [0.15, 0.2) is 18.2 Å². The third-order valence-electron chi connectivity index (χ3n) is 1.78. The van der Waals surface area contributed by atoms with E-state index in [2.05, 4.69) is 0 Å². The average Bonchev–Trinajstić information content (AvgIpc) is 2.29. The Bertz CT molecular complexity index is 433. The summed E-state index contributed by atoms with van der Waals surface area (Å²) in [6.45, 7) is 1.95. The van der Waals surface area contributed by atoms with E-state index in [0.717, 1.165) is 20.7 Å². The summed E-state index contributed by atoms with van der Waals surface area (Å²) >= 11 is 1.50. The van der Waals surface area contributed by atoms with Gasteiger partial charge in [0.15, 0.2) is 0 Å². The van der Waals surface area contributed by atoms with Crippen LogP contribution in [-0.2, 0) is 0 Å². The van der Waals surface area contributed by atoms with Crippen LogP contribution < -0.4 is 5.73 Å². The first kappa shape index (κ1) is 7.43. The lowest BCUT2D eigenvalue weighted by Crippen LogP contribution is -1.73. The molecule has 0 unspecified atom stereocenters. The van der Waals surface area contributed by atoms with E-state index in [1.165, 1.54) is 11.3 Å². The lowest BCUT2D eigenvalue weighted by atomic mass is 10.2. The molecule has 0 aliphatic heterocycles. The summed E-state index contributed by atoms with van der Waals surface area (Å²) in [5.74, 6) is 0.318. The number of rotatable bonds is 0. The number of nitrogens with two attached hydrogens (primary N) is 1. The van der Waals surface area contributed by atoms with Crippen molar-refractivity contribution >= 4 is 26.4 Å². The molecule has 1 aromatic heterocycles. The van der Waals surface area contributed by atoms with Crippen molar-refractivity contribution in [2.75, 3.05) is 5.73 Å². The van der Waals surface area contributed by atoms with E-state index in [0.29, 0.717) is 5.75 Å². The molecule has 2 nitrogen and oxygen atoms in total. The Morgan fingerprint density at radius 1 is 1.33 bits per heavy atom. The second kappa shape index (κ2) is 2.38. The number of benzene rings is 1. The van der Waals surface area contributed by atoms with Gasteiger partial charge in [-0.15, -0.1) is 11.3 Å². The van der Waals surface area contributed by atoms with Gasteiger partial charge in [-0.3, -0.25) is 0 Å². The first-order valence-electron chi connectivity index (χ1n) is 3.65. The Balaban J connectivity index is 2.88. The molecule has 0 bridgehead atoms. The van der Waals surface area contributed by atoms with E-state index in [4.69, 9.17) is 5.73 Å². The van der Waals surface area contributed by atoms with Crippen molar-refractivity contribution in [2.45, 2.75) is 6.92 Å². The number of hydrogen-bond donors (Lipinski definition) is 2. The van der Waals surface area contributed by atoms with Crippen LogP contribution in [0, 0.1) is 6.92 Å². The molecule has 0 saturated carbocycles. The molecule has 12 heavy (non-hydrogen) atoms. The molecule has 62 valence electrons. The molecule has 1 heterocycles. The third kappa shape index (κ3) is 1.02. The zero-order valence-corrected chi connectivity index (χ0v) is 7.48. The van der Waals surface area contributed by atoms with E-state index in [9.17, 15) is 5.11 Å². The van der Waals surface area contributed by atoms with E-state index >= 15 is 0 Å². The van der Waals surface area contributed by atoms with Gasteiger partial charge in [0.1, 0.15) is 5.75 Å². The molecule has 0 spiro atoms. The molecule has 0 aliphatic rings. The highest BCUT2D eigenvalue weighted by molar-refractivity contribution is 7.22. The van der Waals surface area contributed by atoms with E-state index in [1.807, 2.05) is 13.0 Å². The molecule has 0 amide bonds. The van der Waals surface area contributed by atoms with Crippen LogP contribution in [0.4, 0.5) is 5.00 Å². The Morgan fingerprint density at radius 3 is 2.83 bits per heavy atom. The standard InChI is InChI=1S/C9H9NOS/c1-5-2-7(11)6-4-9(10)12-8(6)3-5/h2-4,11H,10H2,1H3. The molecular formula is C9H9NOS. The zero-order valence-electron chi connectivity index (χ0n) is 6.66. The first-order chi connectivity index (χ1) is 5.66. The third-order valence-corrected chi connectivity index (χ3v) is 2.69. The minimum absolute atomic E-state index is 0.318. The van der Waals surface area contributed by atoms with Gasteiger partial charge in [0.05, 0.1) is 5.00 Å². The summed E-state index contributed by atoms with van der Waals surface area (Å²) in [6, 6.07) is 5.57. The highest BCUT2D eigenvalue weighted by Crippen LogP contribution is 2.34. The van der Waals surface area contributed by atoms with Crippen molar-refractivity contribution in [2.24, 2.45) is 0 Å². The van der Waals surface area contributed by atoms with Crippen molar-refractivity contribution < 1.29 is 5.11 Å². The maximum atomic E-state index is 9.52. The number of phenolic OH excluding ortho intramolecular Hbond substituents is 1. The predicted octanol–water partition coefficient (Wildman–Crippen LogP) is 2.50. The summed E-state index contributed by atoms with van der Waals surface area (Å²) in [7, 11) is 0. The van der Waals surface area contributed by atoms with Crippen LogP contribution in [0.5, 0.6) is 5.75 Å². The van der Waals surface area contributed by atoms with Crippen molar-refractivity contribution in [3.8, 4) is 5.75 Å². The smallest absolute Gasteiger partial charge is 0.124 e. The minimum atomic E-state index is 0.318. The van der Waals surface area contributed by atoms with Gasteiger partial charge < -0.3 is 10.8 Å². The maximum absolute atomic E-state index is 9.52. The van der Waals surface area contributed by atoms with Crippen LogP contribution in [0.3, 0.4) is 0 Å². The van der Waals surface area contributed by atoms with Crippen molar-refractivity contribution in [3.05, 3.63) is 23.8 Å². The molecule has 0 atom stereocenters. The molecule has 2 rings (SSSR count). The maximum Gasteiger partial charge on any atom is 0.124 e. The largest absolute Gasteiger partial charge is 0.507 e. The minimum Gasteiger partial charge on any atom is -0.507 e. The quantitative estimate of drug-likeness (QED) is 0.652. The van der Waals surface area contributed by atoms with Gasteiger partial charge in [0, 0.05) is 10.1 Å². The summed E-state index contributed by atoms with van der Waals surface area (Å²) in [5.41, 5.74) is 6.67. The normalized spacial score (nSPS) is 10.8. The van der Waals surface area contributed by atoms with Gasteiger partial charge >= 0.3 is 0 Å². The summed E-state index contributed by atoms with van der Waals surface area (Å²) in [4.78, 5) is 0. The van der Waals surface area contributed by atoms with Crippen LogP contribution >= 0.6 is 11.3 Å². The van der Waals surface area contributed by atoms with Crippen LogP contribution in [0.25, 0.3) is 10.1 Å². The fraction of sp³-hybridized carbons (Fsp3) is 0.111. The number of thiophene rings is 1. The first-order valence-corrected chi connectivity index (χ1v) is 4.47. The van der Waals surface area contributed by atoms with Crippen LogP contribution in [0.2, 0.25) is 0 Å². The van der Waals surface area contributed by atoms with Gasteiger partial charge in [-0.25, -0.2) is 0 Å². The molecule has 2 aromatic rings. The van der Waals surface area contributed by atoms with Crippen LogP contribution in [-0.4, -0.2) is 5.11 Å². The summed E-state index contributed by atoms with van der Waals surface area (Å²) in [6.07, 6.45) is 0. The molecule has 1 aromatic carbocycles. The van der Waals surface area contributed by atoms with E-state index < -0.39 is 0 Å². The molecule has 0 saturated heterocycles. The summed E-state index contributed by atoms with van der Waals surface area (Å²) in [5, 5.41) is 11.1. The SMILES string of the molecule is Cc1cc(O)c2cc(N)sc2c1. The van der Waals surface area contributed by atoms with E-state index in [-0.39, 0.29) is 0 Å². The van der Waals surface area contributed by atoms with Gasteiger partial charge in [0.25, 0.3) is 0 Å². The van der Waals surface area contributed by atoms with Crippen molar-refractivity contribution in [1.29, 1.82) is 0 Å². The number of hydrogen-bond acceptors (Lipinski definition) is 3. The fourth-order valence-electron chi connectivity index (χ4n) is 1.27. The monoisotopic (exact) mass is 179 g/mol. The Labute approximate surface area is 74.3 Å². The molecule has 0 aliphatic carbocycles. The number of nitrogen functional groups attached to an aromatic ring is 1. The van der Waals surface area contributed by atoms with E-state index in [1.54, 1.807) is 12.1 Å². The molecule has 0 fully saturated rings. The van der Waals surface area contributed by atoms with Gasteiger partial charge in [0.2, 0.25) is 0 Å². The lowest BCUT2D eigenvalue weighted by molar-refractivity contribution is 0.481. The Kier molecular flexibility index (Phi) is 1.48. The van der Waals surface area contributed by atoms with Crippen LogP contribution in [0.1, 0.15) is 5.56 Å². The van der Waals surface area contributed by atoms with Gasteiger partial charge in [-0.2, -0.15) is 0 Å². The fourth-order valence-corrected chi connectivity index (χ4v) is 2.22.